The predicted octanol–water partition coefficient (Wildman–Crippen LogP) is 1.26. The number of hydrogen-bond acceptors (Lipinski definition) is 4. The van der Waals surface area contributed by atoms with Crippen molar-refractivity contribution in [2.75, 3.05) is 32.9 Å². The van der Waals surface area contributed by atoms with E-state index in [9.17, 15) is 4.39 Å². The van der Waals surface area contributed by atoms with Crippen LogP contribution >= 0.6 is 0 Å². The summed E-state index contributed by atoms with van der Waals surface area (Å²) in [5.74, 6) is 0.769. The summed E-state index contributed by atoms with van der Waals surface area (Å²) in [7, 11) is 0. The summed E-state index contributed by atoms with van der Waals surface area (Å²) in [6, 6.07) is 3.06. The van der Waals surface area contributed by atoms with Gasteiger partial charge in [-0.15, -0.1) is 0 Å². The molecule has 0 saturated carbocycles. The fraction of sp³-hybridized carbons (Fsp3) is 0.500. The van der Waals surface area contributed by atoms with Crippen LogP contribution in [-0.2, 0) is 4.74 Å². The summed E-state index contributed by atoms with van der Waals surface area (Å²) >= 11 is 0. The maximum atomic E-state index is 13.9. The van der Waals surface area contributed by atoms with Crippen molar-refractivity contribution in [3.8, 4) is 11.5 Å². The highest BCUT2D eigenvalue weighted by atomic mass is 19.1. The molecule has 1 aromatic rings. The Morgan fingerprint density at radius 1 is 1.12 bits per heavy atom. The van der Waals surface area contributed by atoms with Crippen LogP contribution in [0.5, 0.6) is 11.5 Å². The van der Waals surface area contributed by atoms with Crippen LogP contribution in [0, 0.1) is 5.82 Å². The van der Waals surface area contributed by atoms with E-state index in [1.807, 2.05) is 0 Å². The molecule has 0 radical (unpaired) electrons. The molecule has 1 fully saturated rings. The van der Waals surface area contributed by atoms with Crippen LogP contribution in [0.15, 0.2) is 12.1 Å². The molecule has 1 N–H and O–H groups in total. The Kier molecular flexibility index (Phi) is 2.86. The van der Waals surface area contributed by atoms with Gasteiger partial charge in [0.1, 0.15) is 19.0 Å². The molecule has 5 heteroatoms. The molecule has 1 aromatic carbocycles. The Hall–Kier alpha value is -1.33. The highest BCUT2D eigenvalue weighted by molar-refractivity contribution is 5.45. The van der Waals surface area contributed by atoms with Crippen LogP contribution in [0.25, 0.3) is 0 Å². The van der Waals surface area contributed by atoms with E-state index in [-0.39, 0.29) is 11.9 Å². The number of hydrogen-bond donors (Lipinski definition) is 1. The van der Waals surface area contributed by atoms with Crippen molar-refractivity contribution in [1.29, 1.82) is 0 Å². The van der Waals surface area contributed by atoms with Gasteiger partial charge in [-0.1, -0.05) is 0 Å². The van der Waals surface area contributed by atoms with Crippen molar-refractivity contribution < 1.29 is 18.6 Å². The molecule has 0 bridgehead atoms. The fourth-order valence-corrected chi connectivity index (χ4v) is 2.09. The van der Waals surface area contributed by atoms with Gasteiger partial charge in [-0.25, -0.2) is 4.39 Å². The highest BCUT2D eigenvalue weighted by Crippen LogP contribution is 2.35. The maximum absolute atomic E-state index is 13.9. The first kappa shape index (κ1) is 10.8. The minimum atomic E-state index is -0.303. The largest absolute Gasteiger partial charge is 0.486 e. The normalized spacial score (nSPS) is 23.5. The third kappa shape index (κ3) is 2.08. The average Bonchev–Trinajstić information content (AvgIpc) is 2.39. The zero-order valence-electron chi connectivity index (χ0n) is 9.37. The van der Waals surface area contributed by atoms with Gasteiger partial charge in [0.05, 0.1) is 12.7 Å². The summed E-state index contributed by atoms with van der Waals surface area (Å²) in [6.45, 7) is 2.99. The maximum Gasteiger partial charge on any atom is 0.164 e. The van der Waals surface area contributed by atoms with E-state index < -0.39 is 0 Å². The van der Waals surface area contributed by atoms with Gasteiger partial charge in [-0.3, -0.25) is 0 Å². The highest BCUT2D eigenvalue weighted by Gasteiger charge is 2.23. The topological polar surface area (TPSA) is 39.7 Å². The lowest BCUT2D eigenvalue weighted by Crippen LogP contribution is -2.33. The quantitative estimate of drug-likeness (QED) is 0.801. The van der Waals surface area contributed by atoms with Crippen molar-refractivity contribution in [2.45, 2.75) is 6.10 Å². The Labute approximate surface area is 98.7 Å². The first-order valence-corrected chi connectivity index (χ1v) is 5.76. The molecule has 2 heterocycles. The minimum Gasteiger partial charge on any atom is -0.486 e. The first-order valence-electron chi connectivity index (χ1n) is 5.76. The third-order valence-corrected chi connectivity index (χ3v) is 2.94. The Morgan fingerprint density at radius 3 is 2.59 bits per heavy atom. The second-order valence-corrected chi connectivity index (χ2v) is 4.08. The summed E-state index contributed by atoms with van der Waals surface area (Å²) in [4.78, 5) is 0. The molecule has 2 aliphatic rings. The van der Waals surface area contributed by atoms with Gasteiger partial charge in [0.15, 0.2) is 11.5 Å². The van der Waals surface area contributed by atoms with E-state index in [1.54, 1.807) is 6.07 Å². The number of benzene rings is 1. The number of nitrogens with one attached hydrogen (secondary N) is 1. The van der Waals surface area contributed by atoms with Crippen LogP contribution < -0.4 is 14.8 Å². The van der Waals surface area contributed by atoms with E-state index in [2.05, 4.69) is 5.32 Å². The summed E-state index contributed by atoms with van der Waals surface area (Å²) in [6.07, 6.45) is -0.250. The van der Waals surface area contributed by atoms with Crippen molar-refractivity contribution in [3.05, 3.63) is 23.5 Å². The Bertz CT molecular complexity index is 418. The average molecular weight is 239 g/mol. The third-order valence-electron chi connectivity index (χ3n) is 2.94. The zero-order chi connectivity index (χ0) is 11.7. The van der Waals surface area contributed by atoms with Crippen LogP contribution in [0.1, 0.15) is 11.7 Å². The molecule has 17 heavy (non-hydrogen) atoms. The molecule has 0 aliphatic carbocycles. The Balaban J connectivity index is 1.93. The molecule has 0 amide bonds. The van der Waals surface area contributed by atoms with E-state index in [4.69, 9.17) is 14.2 Å². The van der Waals surface area contributed by atoms with E-state index in [0.717, 1.165) is 6.54 Å². The SMILES string of the molecule is Fc1cc2c(cc1C1CNCCO1)OCCO2. The number of fused-ring (bicyclic) bond motifs is 1. The molecular weight excluding hydrogens is 225 g/mol. The minimum absolute atomic E-state index is 0.250. The monoisotopic (exact) mass is 239 g/mol. The molecule has 1 atom stereocenters. The smallest absolute Gasteiger partial charge is 0.164 e. The van der Waals surface area contributed by atoms with Gasteiger partial charge in [0.25, 0.3) is 0 Å². The van der Waals surface area contributed by atoms with Crippen LogP contribution in [0.2, 0.25) is 0 Å². The van der Waals surface area contributed by atoms with Crippen molar-refractivity contribution in [2.24, 2.45) is 0 Å². The molecule has 1 unspecified atom stereocenters. The van der Waals surface area contributed by atoms with Gasteiger partial charge in [-0.05, 0) is 6.07 Å². The zero-order valence-corrected chi connectivity index (χ0v) is 9.37. The molecule has 0 spiro atoms. The molecule has 1 saturated heterocycles. The lowest BCUT2D eigenvalue weighted by Gasteiger charge is -2.26. The molecule has 3 rings (SSSR count). The van der Waals surface area contributed by atoms with Crippen molar-refractivity contribution >= 4 is 0 Å². The van der Waals surface area contributed by atoms with Crippen molar-refractivity contribution in [1.82, 2.24) is 5.32 Å². The number of ether oxygens (including phenoxy) is 3. The first-order chi connectivity index (χ1) is 8.34. The molecule has 0 aromatic heterocycles. The second kappa shape index (κ2) is 4.50. The lowest BCUT2D eigenvalue weighted by molar-refractivity contribution is 0.0251. The number of rotatable bonds is 1. The van der Waals surface area contributed by atoms with Crippen LogP contribution in [0.4, 0.5) is 4.39 Å². The van der Waals surface area contributed by atoms with Crippen LogP contribution in [0.3, 0.4) is 0 Å². The van der Waals surface area contributed by atoms with Crippen LogP contribution in [-0.4, -0.2) is 32.9 Å². The predicted molar refractivity (Wildman–Crippen MR) is 59.0 cm³/mol. The van der Waals surface area contributed by atoms with Gasteiger partial charge >= 0.3 is 0 Å². The number of morpholine rings is 1. The number of halogens is 1. The molecular formula is C12H14FNO3. The fourth-order valence-electron chi connectivity index (χ4n) is 2.09. The van der Waals surface area contributed by atoms with Gasteiger partial charge in [0.2, 0.25) is 0 Å². The lowest BCUT2D eigenvalue weighted by atomic mass is 10.1. The second-order valence-electron chi connectivity index (χ2n) is 4.08. The summed E-state index contributed by atoms with van der Waals surface area (Å²) < 4.78 is 30.2. The molecule has 92 valence electrons. The standard InChI is InChI=1S/C12H14FNO3/c13-9-6-11-10(16-3-4-17-11)5-8(9)12-7-14-1-2-15-12/h5-6,12,14H,1-4,7H2. The molecule has 2 aliphatic heterocycles. The van der Waals surface area contributed by atoms with Crippen molar-refractivity contribution in [3.63, 3.8) is 0 Å². The summed E-state index contributed by atoms with van der Waals surface area (Å²) in [5, 5.41) is 3.18. The Morgan fingerprint density at radius 2 is 1.88 bits per heavy atom. The summed E-state index contributed by atoms with van der Waals surface area (Å²) in [5.41, 5.74) is 0.529. The van der Waals surface area contributed by atoms with Gasteiger partial charge in [-0.2, -0.15) is 0 Å². The van der Waals surface area contributed by atoms with Gasteiger partial charge < -0.3 is 19.5 Å². The van der Waals surface area contributed by atoms with E-state index >= 15 is 0 Å². The molecule has 4 nitrogen and oxygen atoms in total. The van der Waals surface area contributed by atoms with E-state index in [0.29, 0.717) is 43.4 Å². The van der Waals surface area contributed by atoms with E-state index in [1.165, 1.54) is 6.07 Å². The van der Waals surface area contributed by atoms with Gasteiger partial charge in [0, 0.05) is 24.7 Å².